The first-order valence-corrected chi connectivity index (χ1v) is 7.35. The molecule has 5 heteroatoms. The molecule has 0 saturated carbocycles. The number of imidazole rings is 1. The highest BCUT2D eigenvalue weighted by molar-refractivity contribution is 9.10. The van der Waals surface area contributed by atoms with E-state index in [1.54, 1.807) is 0 Å². The lowest BCUT2D eigenvalue weighted by atomic mass is 10.1. The molecule has 0 fully saturated rings. The fourth-order valence-corrected chi connectivity index (χ4v) is 2.70. The zero-order valence-corrected chi connectivity index (χ0v) is 13.0. The quantitative estimate of drug-likeness (QED) is 0.737. The first-order valence-electron chi connectivity index (χ1n) is 6.15. The molecule has 20 heavy (non-hydrogen) atoms. The Hall–Kier alpha value is -1.72. The summed E-state index contributed by atoms with van der Waals surface area (Å²) in [4.78, 5) is 5.17. The molecule has 2 aromatic heterocycles. The van der Waals surface area contributed by atoms with E-state index in [0.717, 1.165) is 27.1 Å². The SMILES string of the molecule is NC(=S)Cc1c(-c2ccccc2)nc2ccc(Br)cn12. The van der Waals surface area contributed by atoms with Gasteiger partial charge in [0.15, 0.2) is 0 Å². The molecule has 0 aliphatic carbocycles. The normalized spacial score (nSPS) is 10.8. The van der Waals surface area contributed by atoms with E-state index in [1.807, 2.05) is 53.1 Å². The minimum atomic E-state index is 0.462. The van der Waals surface area contributed by atoms with Crippen LogP contribution in [0.15, 0.2) is 53.1 Å². The van der Waals surface area contributed by atoms with E-state index in [0.29, 0.717) is 11.4 Å². The molecular weight excluding hydrogens is 334 g/mol. The minimum absolute atomic E-state index is 0.462. The van der Waals surface area contributed by atoms with Gasteiger partial charge in [-0.3, -0.25) is 0 Å². The molecule has 2 N–H and O–H groups in total. The lowest BCUT2D eigenvalue weighted by molar-refractivity contribution is 1.07. The summed E-state index contributed by atoms with van der Waals surface area (Å²) >= 11 is 8.56. The summed E-state index contributed by atoms with van der Waals surface area (Å²) in [5.74, 6) is 0. The van der Waals surface area contributed by atoms with Crippen LogP contribution in [0.2, 0.25) is 0 Å². The standard InChI is InChI=1S/C15H12BrN3S/c16-11-6-7-14-18-15(10-4-2-1-3-5-10)12(8-13(17)20)19(14)9-11/h1-7,9H,8H2,(H2,17,20). The van der Waals surface area contributed by atoms with Crippen molar-refractivity contribution in [1.82, 2.24) is 9.38 Å². The van der Waals surface area contributed by atoms with E-state index in [1.165, 1.54) is 0 Å². The van der Waals surface area contributed by atoms with Gasteiger partial charge in [0.05, 0.1) is 16.4 Å². The lowest BCUT2D eigenvalue weighted by Gasteiger charge is -2.04. The zero-order chi connectivity index (χ0) is 14.1. The highest BCUT2D eigenvalue weighted by atomic mass is 79.9. The first-order chi connectivity index (χ1) is 9.65. The Morgan fingerprint density at radius 3 is 2.65 bits per heavy atom. The van der Waals surface area contributed by atoms with E-state index in [-0.39, 0.29) is 0 Å². The average Bonchev–Trinajstić information content (AvgIpc) is 2.77. The van der Waals surface area contributed by atoms with Gasteiger partial charge < -0.3 is 10.1 Å². The largest absolute Gasteiger partial charge is 0.393 e. The lowest BCUT2D eigenvalue weighted by Crippen LogP contribution is -2.13. The molecule has 0 spiro atoms. The van der Waals surface area contributed by atoms with Crippen molar-refractivity contribution in [2.24, 2.45) is 5.73 Å². The Labute approximate surface area is 130 Å². The number of aromatic nitrogens is 2. The van der Waals surface area contributed by atoms with Gasteiger partial charge in [0.1, 0.15) is 5.65 Å². The van der Waals surface area contributed by atoms with Crippen molar-refractivity contribution in [3.8, 4) is 11.3 Å². The molecule has 0 aliphatic rings. The van der Waals surface area contributed by atoms with Crippen molar-refractivity contribution >= 4 is 38.8 Å². The summed E-state index contributed by atoms with van der Waals surface area (Å²) in [5, 5.41) is 0. The molecule has 1 aromatic carbocycles. The van der Waals surface area contributed by atoms with Gasteiger partial charge in [-0.15, -0.1) is 0 Å². The van der Waals surface area contributed by atoms with Gasteiger partial charge >= 0.3 is 0 Å². The van der Waals surface area contributed by atoms with Crippen molar-refractivity contribution in [2.75, 3.05) is 0 Å². The fourth-order valence-electron chi connectivity index (χ4n) is 2.23. The predicted octanol–water partition coefficient (Wildman–Crippen LogP) is 3.59. The van der Waals surface area contributed by atoms with Crippen LogP contribution in [0.5, 0.6) is 0 Å². The number of halogens is 1. The van der Waals surface area contributed by atoms with E-state index >= 15 is 0 Å². The number of pyridine rings is 1. The van der Waals surface area contributed by atoms with Crippen LogP contribution in [0, 0.1) is 0 Å². The molecule has 0 bridgehead atoms. The van der Waals surface area contributed by atoms with Gasteiger partial charge in [0.25, 0.3) is 0 Å². The molecule has 0 radical (unpaired) electrons. The molecular formula is C15H12BrN3S. The third-order valence-corrected chi connectivity index (χ3v) is 3.68. The molecule has 3 aromatic rings. The number of fused-ring (bicyclic) bond motifs is 1. The van der Waals surface area contributed by atoms with Crippen LogP contribution in [0.25, 0.3) is 16.9 Å². The van der Waals surface area contributed by atoms with E-state index in [9.17, 15) is 0 Å². The molecule has 3 nitrogen and oxygen atoms in total. The highest BCUT2D eigenvalue weighted by Crippen LogP contribution is 2.26. The van der Waals surface area contributed by atoms with Crippen molar-refractivity contribution < 1.29 is 0 Å². The number of nitrogens with zero attached hydrogens (tertiary/aromatic N) is 2. The van der Waals surface area contributed by atoms with Crippen LogP contribution in [-0.2, 0) is 6.42 Å². The smallest absolute Gasteiger partial charge is 0.137 e. The number of benzene rings is 1. The summed E-state index contributed by atoms with van der Waals surface area (Å²) in [6.45, 7) is 0. The second-order valence-corrected chi connectivity index (χ2v) is 5.93. The third kappa shape index (κ3) is 2.46. The molecule has 0 atom stereocenters. The number of nitrogens with two attached hydrogens (primary N) is 1. The van der Waals surface area contributed by atoms with Crippen molar-refractivity contribution in [1.29, 1.82) is 0 Å². The predicted molar refractivity (Wildman–Crippen MR) is 88.8 cm³/mol. The van der Waals surface area contributed by atoms with Gasteiger partial charge in [-0.25, -0.2) is 4.98 Å². The maximum Gasteiger partial charge on any atom is 0.137 e. The number of hydrogen-bond acceptors (Lipinski definition) is 2. The maximum absolute atomic E-state index is 5.74. The van der Waals surface area contributed by atoms with Gasteiger partial charge in [-0.1, -0.05) is 42.5 Å². The Balaban J connectivity index is 2.28. The number of rotatable bonds is 3. The summed E-state index contributed by atoms with van der Waals surface area (Å²) < 4.78 is 3.03. The van der Waals surface area contributed by atoms with Crippen LogP contribution in [0.1, 0.15) is 5.69 Å². The number of thiocarbonyl (C=S) groups is 1. The summed E-state index contributed by atoms with van der Waals surface area (Å²) in [7, 11) is 0. The monoisotopic (exact) mass is 345 g/mol. The first kappa shape index (κ1) is 13.3. The fraction of sp³-hybridized carbons (Fsp3) is 0.0667. The molecule has 0 unspecified atom stereocenters. The van der Waals surface area contributed by atoms with E-state index in [4.69, 9.17) is 22.9 Å². The van der Waals surface area contributed by atoms with Crippen LogP contribution < -0.4 is 5.73 Å². The zero-order valence-electron chi connectivity index (χ0n) is 10.6. The molecule has 3 rings (SSSR count). The summed E-state index contributed by atoms with van der Waals surface area (Å²) in [6, 6.07) is 14.0. The van der Waals surface area contributed by atoms with Crippen LogP contribution in [0.4, 0.5) is 0 Å². The van der Waals surface area contributed by atoms with Crippen LogP contribution in [0.3, 0.4) is 0 Å². The number of hydrogen-bond donors (Lipinski definition) is 1. The minimum Gasteiger partial charge on any atom is -0.393 e. The third-order valence-electron chi connectivity index (χ3n) is 3.07. The second kappa shape index (κ2) is 5.34. The molecule has 0 aliphatic heterocycles. The van der Waals surface area contributed by atoms with Crippen LogP contribution >= 0.6 is 28.1 Å². The second-order valence-electron chi connectivity index (χ2n) is 4.49. The molecule has 0 amide bonds. The Morgan fingerprint density at radius 1 is 1.20 bits per heavy atom. The topological polar surface area (TPSA) is 43.3 Å². The average molecular weight is 346 g/mol. The van der Waals surface area contributed by atoms with Crippen LogP contribution in [-0.4, -0.2) is 14.4 Å². The summed E-state index contributed by atoms with van der Waals surface area (Å²) in [5.41, 5.74) is 9.63. The van der Waals surface area contributed by atoms with Gasteiger partial charge in [0, 0.05) is 22.7 Å². The van der Waals surface area contributed by atoms with Gasteiger partial charge in [0.2, 0.25) is 0 Å². The molecule has 2 heterocycles. The van der Waals surface area contributed by atoms with Crippen molar-refractivity contribution in [3.05, 3.63) is 58.8 Å². The maximum atomic E-state index is 5.74. The van der Waals surface area contributed by atoms with E-state index < -0.39 is 0 Å². The van der Waals surface area contributed by atoms with Gasteiger partial charge in [-0.2, -0.15) is 0 Å². The Morgan fingerprint density at radius 2 is 1.95 bits per heavy atom. The Bertz CT molecular complexity index is 780. The van der Waals surface area contributed by atoms with Gasteiger partial charge in [-0.05, 0) is 28.1 Å². The molecule has 100 valence electrons. The highest BCUT2D eigenvalue weighted by Gasteiger charge is 2.14. The van der Waals surface area contributed by atoms with E-state index in [2.05, 4.69) is 15.9 Å². The molecule has 0 saturated heterocycles. The summed E-state index contributed by atoms with van der Waals surface area (Å²) in [6.07, 6.45) is 2.51. The van der Waals surface area contributed by atoms with Crippen molar-refractivity contribution in [3.63, 3.8) is 0 Å². The van der Waals surface area contributed by atoms with Crippen molar-refractivity contribution in [2.45, 2.75) is 6.42 Å². The Kier molecular flexibility index (Phi) is 3.54.